The molecular weight excluding hydrogens is 460 g/mol. The smallest absolute Gasteiger partial charge is 0.163 e. The van der Waals surface area contributed by atoms with Crippen LogP contribution in [0.3, 0.4) is 0 Å². The number of hydrogen-bond acceptors (Lipinski definition) is 8. The van der Waals surface area contributed by atoms with E-state index >= 15 is 0 Å². The second-order valence-electron chi connectivity index (χ2n) is 8.23. The highest BCUT2D eigenvalue weighted by Crippen LogP contribution is 2.33. The molecule has 1 aliphatic rings. The zero-order valence-electron chi connectivity index (χ0n) is 22.3. The predicted octanol–water partition coefficient (Wildman–Crippen LogP) is 4.64. The van der Waals surface area contributed by atoms with Crippen molar-refractivity contribution in [1.82, 2.24) is 0 Å². The van der Waals surface area contributed by atoms with E-state index in [0.29, 0.717) is 75.9 Å². The topological polar surface area (TPSA) is 61.9 Å². The molecule has 2 aromatic carbocycles. The van der Waals surface area contributed by atoms with Crippen LogP contribution in [-0.4, -0.2) is 79.0 Å². The molecule has 200 valence electrons. The summed E-state index contributed by atoms with van der Waals surface area (Å²) in [5.41, 5.74) is 2.21. The van der Waals surface area contributed by atoms with Gasteiger partial charge in [-0.1, -0.05) is 0 Å². The summed E-state index contributed by atoms with van der Waals surface area (Å²) in [5, 5.41) is 0. The van der Waals surface area contributed by atoms with Crippen LogP contribution in [-0.2, 0) is 9.47 Å². The van der Waals surface area contributed by atoms with E-state index < -0.39 is 0 Å². The van der Waals surface area contributed by atoms with Crippen molar-refractivity contribution in [3.05, 3.63) is 36.4 Å². The highest BCUT2D eigenvalue weighted by molar-refractivity contribution is 5.57. The van der Waals surface area contributed by atoms with E-state index in [9.17, 15) is 0 Å². The molecule has 8 nitrogen and oxygen atoms in total. The molecule has 3 rings (SSSR count). The third kappa shape index (κ3) is 8.10. The molecule has 8 heteroatoms. The summed E-state index contributed by atoms with van der Waals surface area (Å²) in [5.74, 6) is 2.82. The quantitative estimate of drug-likeness (QED) is 0.566. The molecule has 0 spiro atoms. The Balaban J connectivity index is 1.65. The fourth-order valence-corrected chi connectivity index (χ4v) is 4.07. The highest BCUT2D eigenvalue weighted by atomic mass is 16.6. The minimum absolute atomic E-state index is 0.418. The van der Waals surface area contributed by atoms with Gasteiger partial charge in [-0.3, -0.25) is 0 Å². The van der Waals surface area contributed by atoms with Crippen LogP contribution in [0.2, 0.25) is 0 Å². The minimum atomic E-state index is 0.418. The number of rotatable bonds is 6. The normalized spacial score (nSPS) is 15.4. The van der Waals surface area contributed by atoms with Gasteiger partial charge >= 0.3 is 0 Å². The second-order valence-corrected chi connectivity index (χ2v) is 8.23. The molecule has 0 unspecified atom stereocenters. The van der Waals surface area contributed by atoms with Gasteiger partial charge in [-0.2, -0.15) is 0 Å². The van der Waals surface area contributed by atoms with Gasteiger partial charge in [0.2, 0.25) is 0 Å². The fourth-order valence-electron chi connectivity index (χ4n) is 4.07. The molecular formula is C28H42N2O6. The molecule has 0 saturated heterocycles. The van der Waals surface area contributed by atoms with Crippen LogP contribution >= 0.6 is 0 Å². The van der Waals surface area contributed by atoms with Gasteiger partial charge in [-0.25, -0.2) is 0 Å². The van der Waals surface area contributed by atoms with E-state index in [4.69, 9.17) is 28.4 Å². The summed E-state index contributed by atoms with van der Waals surface area (Å²) in [6, 6.07) is 12.1. The van der Waals surface area contributed by atoms with Gasteiger partial charge < -0.3 is 38.2 Å². The van der Waals surface area contributed by atoms with Crippen molar-refractivity contribution in [2.45, 2.75) is 27.7 Å². The maximum atomic E-state index is 6.04. The average Bonchev–Trinajstić information content (AvgIpc) is 2.90. The highest BCUT2D eigenvalue weighted by Gasteiger charge is 2.12. The lowest BCUT2D eigenvalue weighted by Gasteiger charge is -2.23. The van der Waals surface area contributed by atoms with Crippen LogP contribution in [0.1, 0.15) is 27.7 Å². The molecule has 0 radical (unpaired) electrons. The Kier molecular flexibility index (Phi) is 11.8. The number of hydrogen-bond donors (Lipinski definition) is 0. The molecule has 2 aromatic rings. The summed E-state index contributed by atoms with van der Waals surface area (Å²) >= 11 is 0. The summed E-state index contributed by atoms with van der Waals surface area (Å²) in [6.07, 6.45) is 0. The van der Waals surface area contributed by atoms with Crippen molar-refractivity contribution in [3.8, 4) is 23.0 Å². The molecule has 0 atom stereocenters. The first kappa shape index (κ1) is 27.7. The summed E-state index contributed by atoms with van der Waals surface area (Å²) in [4.78, 5) is 4.55. The summed E-state index contributed by atoms with van der Waals surface area (Å²) in [6.45, 7) is 15.7. The summed E-state index contributed by atoms with van der Waals surface area (Å²) < 4.78 is 35.6. The molecule has 0 bridgehead atoms. The maximum Gasteiger partial charge on any atom is 0.163 e. The van der Waals surface area contributed by atoms with E-state index in [1.165, 1.54) is 0 Å². The summed E-state index contributed by atoms with van der Waals surface area (Å²) in [7, 11) is 0. The first-order valence-electron chi connectivity index (χ1n) is 13.1. The standard InChI is InChI=1S/C28H42N2O6/c1-5-29(6-2)23-9-11-25-27(21-23)35-19-15-31-14-18-34-26-12-10-24(30(7-3)8-4)22-28(26)36-20-16-32-13-17-33-25/h9-12,21-22H,5-8,13-20H2,1-4H3. The third-order valence-electron chi connectivity index (χ3n) is 6.05. The van der Waals surface area contributed by atoms with E-state index in [0.717, 1.165) is 37.6 Å². The van der Waals surface area contributed by atoms with Crippen LogP contribution in [0.4, 0.5) is 11.4 Å². The molecule has 1 heterocycles. The Labute approximate surface area is 216 Å². The van der Waals surface area contributed by atoms with Crippen molar-refractivity contribution in [2.24, 2.45) is 0 Å². The van der Waals surface area contributed by atoms with Crippen molar-refractivity contribution in [1.29, 1.82) is 0 Å². The van der Waals surface area contributed by atoms with Gasteiger partial charge in [-0.05, 0) is 52.0 Å². The molecule has 36 heavy (non-hydrogen) atoms. The maximum absolute atomic E-state index is 6.04. The van der Waals surface area contributed by atoms with Crippen LogP contribution in [0.5, 0.6) is 23.0 Å². The lowest BCUT2D eigenvalue weighted by molar-refractivity contribution is 0.0640. The lowest BCUT2D eigenvalue weighted by atomic mass is 10.2. The largest absolute Gasteiger partial charge is 0.487 e. The molecule has 0 N–H and O–H groups in total. The zero-order valence-corrected chi connectivity index (χ0v) is 22.3. The Hall–Kier alpha value is -2.84. The first-order chi connectivity index (χ1) is 17.7. The molecule has 1 aliphatic heterocycles. The lowest BCUT2D eigenvalue weighted by Crippen LogP contribution is -2.22. The monoisotopic (exact) mass is 502 g/mol. The zero-order chi connectivity index (χ0) is 25.6. The van der Waals surface area contributed by atoms with E-state index in [-0.39, 0.29) is 0 Å². The van der Waals surface area contributed by atoms with Gasteiger partial charge in [0.1, 0.15) is 26.4 Å². The van der Waals surface area contributed by atoms with Crippen molar-refractivity contribution in [2.75, 3.05) is 88.8 Å². The Morgan fingerprint density at radius 3 is 1.14 bits per heavy atom. The predicted molar refractivity (Wildman–Crippen MR) is 144 cm³/mol. The minimum Gasteiger partial charge on any atom is -0.487 e. The number of fused-ring (bicyclic) bond motifs is 2. The number of anilines is 2. The fraction of sp³-hybridized carbons (Fsp3) is 0.571. The van der Waals surface area contributed by atoms with Crippen molar-refractivity contribution >= 4 is 11.4 Å². The number of ether oxygens (including phenoxy) is 6. The Morgan fingerprint density at radius 2 is 0.806 bits per heavy atom. The molecule has 0 aromatic heterocycles. The molecule has 0 aliphatic carbocycles. The van der Waals surface area contributed by atoms with Crippen LogP contribution in [0, 0.1) is 0 Å². The van der Waals surface area contributed by atoms with E-state index in [1.54, 1.807) is 0 Å². The van der Waals surface area contributed by atoms with Crippen molar-refractivity contribution in [3.63, 3.8) is 0 Å². The van der Waals surface area contributed by atoms with Gasteiger partial charge in [0.25, 0.3) is 0 Å². The van der Waals surface area contributed by atoms with Gasteiger partial charge in [0.15, 0.2) is 23.0 Å². The second kappa shape index (κ2) is 15.3. The first-order valence-corrected chi connectivity index (χ1v) is 13.1. The Morgan fingerprint density at radius 1 is 0.472 bits per heavy atom. The average molecular weight is 503 g/mol. The molecule has 0 saturated carbocycles. The van der Waals surface area contributed by atoms with Gasteiger partial charge in [0, 0.05) is 49.7 Å². The van der Waals surface area contributed by atoms with Crippen molar-refractivity contribution < 1.29 is 28.4 Å². The molecule has 0 fully saturated rings. The molecule has 0 amide bonds. The number of benzene rings is 2. The number of nitrogens with zero attached hydrogens (tertiary/aromatic N) is 2. The van der Waals surface area contributed by atoms with E-state index in [2.05, 4.69) is 49.6 Å². The van der Waals surface area contributed by atoms with Crippen LogP contribution < -0.4 is 28.7 Å². The van der Waals surface area contributed by atoms with Gasteiger partial charge in [0.05, 0.1) is 26.4 Å². The van der Waals surface area contributed by atoms with Gasteiger partial charge in [-0.15, -0.1) is 0 Å². The van der Waals surface area contributed by atoms with Crippen LogP contribution in [0.25, 0.3) is 0 Å². The Bertz CT molecular complexity index is 828. The third-order valence-corrected chi connectivity index (χ3v) is 6.05. The van der Waals surface area contributed by atoms with E-state index in [1.807, 2.05) is 24.3 Å². The SMILES string of the molecule is CCN(CC)c1ccc2c(c1)OCCOCCOc1ccc(N(CC)CC)cc1OCCOCCO2. The van der Waals surface area contributed by atoms with Crippen LogP contribution in [0.15, 0.2) is 36.4 Å².